The van der Waals surface area contributed by atoms with Crippen molar-refractivity contribution in [1.29, 1.82) is 0 Å². The Morgan fingerprint density at radius 2 is 1.71 bits per heavy atom. The van der Waals surface area contributed by atoms with E-state index in [1.807, 2.05) is 12.4 Å². The zero-order chi connectivity index (χ0) is 16.5. The number of hydrogen-bond acceptors (Lipinski definition) is 5. The van der Waals surface area contributed by atoms with Crippen molar-refractivity contribution < 1.29 is 9.13 Å². The van der Waals surface area contributed by atoms with Gasteiger partial charge in [-0.25, -0.2) is 24.3 Å². The van der Waals surface area contributed by atoms with Crippen molar-refractivity contribution in [3.8, 4) is 17.4 Å². The number of halogens is 1. The lowest BCUT2D eigenvalue weighted by molar-refractivity contribution is 0.406. The van der Waals surface area contributed by atoms with Gasteiger partial charge in [0.2, 0.25) is 0 Å². The third-order valence-corrected chi connectivity index (χ3v) is 4.25. The molecule has 2 aromatic heterocycles. The van der Waals surface area contributed by atoms with Crippen LogP contribution < -0.4 is 4.74 Å². The molecule has 0 N–H and O–H groups in total. The summed E-state index contributed by atoms with van der Waals surface area (Å²) in [5, 5.41) is 0. The van der Waals surface area contributed by atoms with Gasteiger partial charge in [0.15, 0.2) is 11.6 Å². The molecule has 1 aliphatic carbocycles. The number of ether oxygens (including phenoxy) is 1. The third-order valence-electron chi connectivity index (χ3n) is 4.25. The molecule has 5 nitrogen and oxygen atoms in total. The Morgan fingerprint density at radius 1 is 1.00 bits per heavy atom. The molecule has 0 amide bonds. The van der Waals surface area contributed by atoms with Gasteiger partial charge in [0, 0.05) is 30.9 Å². The summed E-state index contributed by atoms with van der Waals surface area (Å²) in [7, 11) is 1.56. The minimum absolute atomic E-state index is 0.289. The normalized spacial score (nSPS) is 19.1. The highest BCUT2D eigenvalue weighted by atomic mass is 19.1. The van der Waals surface area contributed by atoms with Crippen LogP contribution in [0.5, 0.6) is 5.75 Å². The molecule has 1 aliphatic rings. The van der Waals surface area contributed by atoms with Crippen molar-refractivity contribution in [2.24, 2.45) is 0 Å². The molecule has 0 saturated heterocycles. The van der Waals surface area contributed by atoms with Crippen molar-refractivity contribution in [1.82, 2.24) is 19.9 Å². The smallest absolute Gasteiger partial charge is 0.197 e. The maximum Gasteiger partial charge on any atom is 0.197 e. The van der Waals surface area contributed by atoms with Gasteiger partial charge in [-0.15, -0.1) is 0 Å². The van der Waals surface area contributed by atoms with Crippen molar-refractivity contribution in [2.75, 3.05) is 7.11 Å². The van der Waals surface area contributed by atoms with Gasteiger partial charge >= 0.3 is 0 Å². The maximum absolute atomic E-state index is 13.3. The van der Waals surface area contributed by atoms with E-state index < -0.39 is 0 Å². The molecule has 0 aliphatic heterocycles. The molecule has 2 heterocycles. The lowest BCUT2D eigenvalue weighted by Gasteiger charge is -2.08. The van der Waals surface area contributed by atoms with Gasteiger partial charge in [0.25, 0.3) is 0 Å². The van der Waals surface area contributed by atoms with Crippen LogP contribution in [0.2, 0.25) is 0 Å². The molecule has 3 aromatic rings. The Morgan fingerprint density at radius 3 is 2.42 bits per heavy atom. The zero-order valence-electron chi connectivity index (χ0n) is 13.1. The highest BCUT2D eigenvalue weighted by Crippen LogP contribution is 2.56. The van der Waals surface area contributed by atoms with Crippen LogP contribution in [-0.4, -0.2) is 27.0 Å². The average molecular weight is 322 g/mol. The molecule has 24 heavy (non-hydrogen) atoms. The number of hydrogen-bond donors (Lipinski definition) is 0. The van der Waals surface area contributed by atoms with Gasteiger partial charge in [0.1, 0.15) is 11.6 Å². The quantitative estimate of drug-likeness (QED) is 0.737. The Kier molecular flexibility index (Phi) is 3.65. The van der Waals surface area contributed by atoms with Gasteiger partial charge in [-0.05, 0) is 41.5 Å². The van der Waals surface area contributed by atoms with Gasteiger partial charge < -0.3 is 4.74 Å². The molecular formula is C18H15FN4O. The van der Waals surface area contributed by atoms with Crippen LogP contribution in [0.25, 0.3) is 11.6 Å². The van der Waals surface area contributed by atoms with Gasteiger partial charge in [-0.1, -0.05) is 6.07 Å². The van der Waals surface area contributed by atoms with E-state index in [9.17, 15) is 4.39 Å². The summed E-state index contributed by atoms with van der Waals surface area (Å²) in [6.45, 7) is 0. The summed E-state index contributed by atoms with van der Waals surface area (Å²) in [5.41, 5.74) is 2.09. The van der Waals surface area contributed by atoms with Crippen LogP contribution in [0.15, 0.2) is 49.1 Å². The van der Waals surface area contributed by atoms with E-state index in [-0.39, 0.29) is 5.82 Å². The zero-order valence-corrected chi connectivity index (χ0v) is 13.1. The van der Waals surface area contributed by atoms with Crippen molar-refractivity contribution >= 4 is 0 Å². The van der Waals surface area contributed by atoms with Gasteiger partial charge in [-0.3, -0.25) is 0 Å². The van der Waals surface area contributed by atoms with Crippen LogP contribution in [0.1, 0.15) is 29.4 Å². The predicted molar refractivity (Wildman–Crippen MR) is 86.1 cm³/mol. The van der Waals surface area contributed by atoms with Gasteiger partial charge in [-0.2, -0.15) is 0 Å². The molecule has 6 heteroatoms. The largest absolute Gasteiger partial charge is 0.496 e. The minimum atomic E-state index is -0.289. The Balaban J connectivity index is 1.55. The molecule has 0 spiro atoms. The van der Waals surface area contributed by atoms with Crippen molar-refractivity contribution in [3.63, 3.8) is 0 Å². The number of methoxy groups -OCH3 is 1. The average Bonchev–Trinajstić information content (AvgIpc) is 3.43. The number of nitrogens with zero attached hydrogens (tertiary/aromatic N) is 4. The van der Waals surface area contributed by atoms with Crippen LogP contribution in [0, 0.1) is 5.82 Å². The standard InChI is InChI=1S/C18H15FN4O/c1-24-16-7-12(19)3-4-13(16)15-8-14(15)11-9-22-18(23-10-11)17-20-5-2-6-21-17/h2-7,9-10,14-15H,8H2,1H3/t14-,15-/m0/s1. The lowest BCUT2D eigenvalue weighted by Crippen LogP contribution is -1.96. The fraction of sp³-hybridized carbons (Fsp3) is 0.222. The van der Waals surface area contributed by atoms with Crippen molar-refractivity contribution in [3.05, 3.63) is 66.0 Å². The van der Waals surface area contributed by atoms with E-state index in [0.717, 1.165) is 17.5 Å². The molecule has 2 atom stereocenters. The van der Waals surface area contributed by atoms with E-state index in [0.29, 0.717) is 29.2 Å². The molecule has 1 fully saturated rings. The summed E-state index contributed by atoms with van der Waals surface area (Å²) >= 11 is 0. The van der Waals surface area contributed by atoms with Crippen LogP contribution in [-0.2, 0) is 0 Å². The first-order valence-electron chi connectivity index (χ1n) is 7.69. The first-order chi connectivity index (χ1) is 11.8. The number of benzene rings is 1. The lowest BCUT2D eigenvalue weighted by atomic mass is 10.1. The maximum atomic E-state index is 13.3. The highest BCUT2D eigenvalue weighted by molar-refractivity contribution is 5.45. The second-order valence-electron chi connectivity index (χ2n) is 5.75. The van der Waals surface area contributed by atoms with Crippen molar-refractivity contribution in [2.45, 2.75) is 18.3 Å². The summed E-state index contributed by atoms with van der Waals surface area (Å²) < 4.78 is 18.6. The monoisotopic (exact) mass is 322 g/mol. The molecule has 0 radical (unpaired) electrons. The fourth-order valence-electron chi connectivity index (χ4n) is 2.96. The van der Waals surface area contributed by atoms with E-state index >= 15 is 0 Å². The number of rotatable bonds is 4. The molecule has 0 unspecified atom stereocenters. The van der Waals surface area contributed by atoms with Crippen LogP contribution >= 0.6 is 0 Å². The van der Waals surface area contributed by atoms with Gasteiger partial charge in [0.05, 0.1) is 7.11 Å². The summed E-state index contributed by atoms with van der Waals surface area (Å²) in [5.74, 6) is 1.96. The third kappa shape index (κ3) is 2.71. The van der Waals surface area contributed by atoms with E-state index in [1.165, 1.54) is 12.1 Å². The first-order valence-corrected chi connectivity index (χ1v) is 7.69. The first kappa shape index (κ1) is 14.7. The van der Waals surface area contributed by atoms with Crippen LogP contribution in [0.4, 0.5) is 4.39 Å². The van der Waals surface area contributed by atoms with E-state index in [1.54, 1.807) is 31.6 Å². The topological polar surface area (TPSA) is 60.8 Å². The second-order valence-corrected chi connectivity index (χ2v) is 5.75. The minimum Gasteiger partial charge on any atom is -0.496 e. The fourth-order valence-corrected chi connectivity index (χ4v) is 2.96. The SMILES string of the molecule is COc1cc(F)ccc1[C@@H]1C[C@H]1c1cnc(-c2ncccn2)nc1. The summed E-state index contributed by atoms with van der Waals surface area (Å²) in [6, 6.07) is 6.45. The molecule has 4 rings (SSSR count). The molecule has 1 saturated carbocycles. The molecule has 1 aromatic carbocycles. The predicted octanol–water partition coefficient (Wildman–Crippen LogP) is 3.35. The summed E-state index contributed by atoms with van der Waals surface area (Å²) in [4.78, 5) is 17.0. The Bertz CT molecular complexity index is 855. The Labute approximate surface area is 138 Å². The van der Waals surface area contributed by atoms with E-state index in [4.69, 9.17) is 4.74 Å². The molecular weight excluding hydrogens is 307 g/mol. The number of aromatic nitrogens is 4. The van der Waals surface area contributed by atoms with Crippen LogP contribution in [0.3, 0.4) is 0 Å². The molecule has 0 bridgehead atoms. The van der Waals surface area contributed by atoms with E-state index in [2.05, 4.69) is 19.9 Å². The Hall–Kier alpha value is -2.89. The molecule has 120 valence electrons. The summed E-state index contributed by atoms with van der Waals surface area (Å²) in [6.07, 6.45) is 7.94. The second kappa shape index (κ2) is 5.96. The highest BCUT2D eigenvalue weighted by Gasteiger charge is 2.41.